The third-order valence-corrected chi connectivity index (χ3v) is 1.68. The molecule has 5 heteroatoms. The van der Waals surface area contributed by atoms with Crippen LogP contribution in [0.15, 0.2) is 6.07 Å². The Morgan fingerprint density at radius 1 is 1.36 bits per heavy atom. The molecule has 0 spiro atoms. The van der Waals surface area contributed by atoms with Gasteiger partial charge >= 0.3 is 0 Å². The Bertz CT molecular complexity index is 326. The highest BCUT2D eigenvalue weighted by Crippen LogP contribution is 2.20. The van der Waals surface area contributed by atoms with Crippen molar-refractivity contribution in [3.05, 3.63) is 17.7 Å². The van der Waals surface area contributed by atoms with Crippen LogP contribution in [0.1, 0.15) is 6.92 Å². The van der Waals surface area contributed by atoms with E-state index in [1.807, 2.05) is 6.92 Å². The number of pyridine rings is 1. The summed E-state index contributed by atoms with van der Waals surface area (Å²) in [6.45, 7) is 2.36. The topological polar surface area (TPSA) is 28.2 Å². The average Bonchev–Trinajstić information content (AvgIpc) is 2.09. The molecule has 1 aromatic rings. The summed E-state index contributed by atoms with van der Waals surface area (Å²) in [6.07, 6.45) is 0. The Kier molecular flexibility index (Phi) is 3.22. The van der Waals surface area contributed by atoms with Crippen molar-refractivity contribution in [2.75, 3.05) is 30.9 Å². The van der Waals surface area contributed by atoms with Crippen LogP contribution < -0.4 is 10.2 Å². The minimum atomic E-state index is -0.671. The fourth-order valence-electron chi connectivity index (χ4n) is 1.06. The van der Waals surface area contributed by atoms with Crippen molar-refractivity contribution in [1.82, 2.24) is 4.98 Å². The van der Waals surface area contributed by atoms with E-state index in [1.54, 1.807) is 14.1 Å². The molecule has 0 saturated carbocycles. The lowest BCUT2D eigenvalue weighted by molar-refractivity contribution is 0.575. The normalized spacial score (nSPS) is 10.1. The Balaban J connectivity index is 3.13. The van der Waals surface area contributed by atoms with E-state index >= 15 is 0 Å². The Labute approximate surface area is 81.8 Å². The lowest BCUT2D eigenvalue weighted by Crippen LogP contribution is -2.15. The molecule has 0 aromatic carbocycles. The lowest BCUT2D eigenvalue weighted by atomic mass is 10.4. The van der Waals surface area contributed by atoms with Gasteiger partial charge in [0.15, 0.2) is 23.3 Å². The number of halogens is 2. The minimum absolute atomic E-state index is 0.0811. The molecule has 0 radical (unpaired) electrons. The summed E-state index contributed by atoms with van der Waals surface area (Å²) >= 11 is 0. The first kappa shape index (κ1) is 10.7. The molecule has 3 nitrogen and oxygen atoms in total. The van der Waals surface area contributed by atoms with E-state index in [1.165, 1.54) is 4.90 Å². The van der Waals surface area contributed by atoms with Gasteiger partial charge in [-0.15, -0.1) is 0 Å². The second-order valence-corrected chi connectivity index (χ2v) is 3.05. The molecular formula is C9H13F2N3. The molecular weight excluding hydrogens is 188 g/mol. The van der Waals surface area contributed by atoms with Gasteiger partial charge in [-0.1, -0.05) is 0 Å². The zero-order chi connectivity index (χ0) is 10.7. The summed E-state index contributed by atoms with van der Waals surface area (Å²) in [6, 6.07) is 0.834. The molecule has 0 amide bonds. The summed E-state index contributed by atoms with van der Waals surface area (Å²) in [4.78, 5) is 5.32. The predicted molar refractivity (Wildman–Crippen MR) is 52.6 cm³/mol. The van der Waals surface area contributed by atoms with Crippen LogP contribution in [0.5, 0.6) is 0 Å². The van der Waals surface area contributed by atoms with E-state index in [0.717, 1.165) is 6.07 Å². The predicted octanol–water partition coefficient (Wildman–Crippen LogP) is 1.86. The number of hydrogen-bond donors (Lipinski definition) is 1. The van der Waals surface area contributed by atoms with E-state index in [0.29, 0.717) is 6.54 Å². The Morgan fingerprint density at radius 2 is 2.00 bits per heavy atom. The highest BCUT2D eigenvalue weighted by molar-refractivity contribution is 5.48. The van der Waals surface area contributed by atoms with Gasteiger partial charge in [0.1, 0.15) is 0 Å². The molecule has 78 valence electrons. The highest BCUT2D eigenvalue weighted by Gasteiger charge is 2.12. The van der Waals surface area contributed by atoms with Gasteiger partial charge in [0.25, 0.3) is 0 Å². The zero-order valence-corrected chi connectivity index (χ0v) is 8.43. The fraction of sp³-hybridized carbons (Fsp3) is 0.444. The number of aromatic nitrogens is 1. The van der Waals surface area contributed by atoms with Gasteiger partial charge in [0.2, 0.25) is 0 Å². The molecule has 0 saturated heterocycles. The van der Waals surface area contributed by atoms with Gasteiger partial charge in [0.05, 0.1) is 0 Å². The van der Waals surface area contributed by atoms with E-state index in [9.17, 15) is 8.78 Å². The van der Waals surface area contributed by atoms with Crippen LogP contribution >= 0.6 is 0 Å². The first-order valence-corrected chi connectivity index (χ1v) is 4.33. The first-order valence-electron chi connectivity index (χ1n) is 4.33. The number of nitrogens with one attached hydrogen (secondary N) is 1. The average molecular weight is 201 g/mol. The summed E-state index contributed by atoms with van der Waals surface area (Å²) in [5.74, 6) is -1.12. The molecule has 0 fully saturated rings. The molecule has 1 N–H and O–H groups in total. The number of anilines is 2. The second kappa shape index (κ2) is 4.21. The third-order valence-electron chi connectivity index (χ3n) is 1.68. The van der Waals surface area contributed by atoms with Gasteiger partial charge in [-0.25, -0.2) is 13.8 Å². The largest absolute Gasteiger partial charge is 0.368 e. The van der Waals surface area contributed by atoms with Crippen LogP contribution in [0, 0.1) is 11.6 Å². The van der Waals surface area contributed by atoms with E-state index < -0.39 is 11.6 Å². The van der Waals surface area contributed by atoms with E-state index in [4.69, 9.17) is 0 Å². The minimum Gasteiger partial charge on any atom is -0.368 e. The van der Waals surface area contributed by atoms with Gasteiger partial charge in [-0.05, 0) is 6.92 Å². The maximum atomic E-state index is 13.1. The number of rotatable bonds is 3. The second-order valence-electron chi connectivity index (χ2n) is 3.05. The van der Waals surface area contributed by atoms with Gasteiger partial charge in [0, 0.05) is 26.7 Å². The summed E-state index contributed by atoms with van der Waals surface area (Å²) < 4.78 is 26.2. The maximum absolute atomic E-state index is 13.1. The molecule has 1 aromatic heterocycles. The Hall–Kier alpha value is -1.39. The molecule has 0 aliphatic heterocycles. The zero-order valence-electron chi connectivity index (χ0n) is 8.43. The van der Waals surface area contributed by atoms with Crippen molar-refractivity contribution < 1.29 is 8.78 Å². The van der Waals surface area contributed by atoms with E-state index in [2.05, 4.69) is 10.3 Å². The van der Waals surface area contributed by atoms with Crippen LogP contribution in [-0.2, 0) is 0 Å². The quantitative estimate of drug-likeness (QED) is 0.809. The smallest absolute Gasteiger partial charge is 0.168 e. The Morgan fingerprint density at radius 3 is 2.50 bits per heavy atom. The SMILES string of the molecule is CCNc1nc(N(C)C)c(F)cc1F. The van der Waals surface area contributed by atoms with Crippen molar-refractivity contribution in [2.24, 2.45) is 0 Å². The molecule has 0 aliphatic carbocycles. The summed E-state index contributed by atoms with van der Waals surface area (Å²) in [5.41, 5.74) is 0. The van der Waals surface area contributed by atoms with Crippen LogP contribution in [0.4, 0.5) is 20.4 Å². The van der Waals surface area contributed by atoms with Crippen LogP contribution in [-0.4, -0.2) is 25.6 Å². The van der Waals surface area contributed by atoms with Gasteiger partial charge in [-0.2, -0.15) is 0 Å². The van der Waals surface area contributed by atoms with Crippen molar-refractivity contribution in [3.63, 3.8) is 0 Å². The standard InChI is InChI=1S/C9H13F2N3/c1-4-12-8-6(10)5-7(11)9(13-8)14(2)3/h5H,4H2,1-3H3,(H,12,13). The van der Waals surface area contributed by atoms with Crippen LogP contribution in [0.2, 0.25) is 0 Å². The molecule has 0 unspecified atom stereocenters. The van der Waals surface area contributed by atoms with Crippen LogP contribution in [0.3, 0.4) is 0 Å². The molecule has 1 rings (SSSR count). The molecule has 0 bridgehead atoms. The van der Waals surface area contributed by atoms with E-state index in [-0.39, 0.29) is 11.6 Å². The summed E-state index contributed by atoms with van der Waals surface area (Å²) in [7, 11) is 3.30. The highest BCUT2D eigenvalue weighted by atomic mass is 19.1. The molecule has 1 heterocycles. The van der Waals surface area contributed by atoms with Crippen molar-refractivity contribution in [3.8, 4) is 0 Å². The number of nitrogens with zero attached hydrogens (tertiary/aromatic N) is 2. The third kappa shape index (κ3) is 2.10. The fourth-order valence-corrected chi connectivity index (χ4v) is 1.06. The number of hydrogen-bond acceptors (Lipinski definition) is 3. The molecule has 14 heavy (non-hydrogen) atoms. The summed E-state index contributed by atoms with van der Waals surface area (Å²) in [5, 5.41) is 2.72. The maximum Gasteiger partial charge on any atom is 0.168 e. The lowest BCUT2D eigenvalue weighted by Gasteiger charge is -2.14. The van der Waals surface area contributed by atoms with Gasteiger partial charge < -0.3 is 10.2 Å². The molecule has 0 atom stereocenters. The van der Waals surface area contributed by atoms with Crippen molar-refractivity contribution in [2.45, 2.75) is 6.92 Å². The van der Waals surface area contributed by atoms with Crippen molar-refractivity contribution >= 4 is 11.6 Å². The molecule has 0 aliphatic rings. The first-order chi connectivity index (χ1) is 6.56. The monoisotopic (exact) mass is 201 g/mol. The van der Waals surface area contributed by atoms with Gasteiger partial charge in [-0.3, -0.25) is 0 Å². The van der Waals surface area contributed by atoms with Crippen molar-refractivity contribution in [1.29, 1.82) is 0 Å². The van der Waals surface area contributed by atoms with Crippen LogP contribution in [0.25, 0.3) is 0 Å².